The van der Waals surface area contributed by atoms with E-state index in [1.807, 2.05) is 30.3 Å². The number of carbonyl (C=O) groups excluding carboxylic acids is 2. The lowest BCUT2D eigenvalue weighted by atomic mass is 10.0. The maximum Gasteiger partial charge on any atom is 0.268 e. The number of aryl methyl sites for hydroxylation is 1. The Bertz CT molecular complexity index is 1330. The number of benzene rings is 2. The number of ether oxygens (including phenoxy) is 2. The number of hydrogen-bond donors (Lipinski definition) is 0. The molecule has 0 atom stereocenters. The van der Waals surface area contributed by atoms with E-state index in [4.69, 9.17) is 9.47 Å². The zero-order chi connectivity index (χ0) is 26.1. The summed E-state index contributed by atoms with van der Waals surface area (Å²) in [5.74, 6) is -1.64. The predicted molar refractivity (Wildman–Crippen MR) is 130 cm³/mol. The largest absolute Gasteiger partial charge is 0.483 e. The predicted octanol–water partition coefficient (Wildman–Crippen LogP) is 3.16. The molecule has 186 valence electrons. The Hall–Kier alpha value is -4.29. The molecule has 36 heavy (non-hydrogen) atoms. The van der Waals surface area contributed by atoms with Gasteiger partial charge in [0.2, 0.25) is 0 Å². The number of likely N-dealkylation sites (N-methyl/N-ethyl adjacent to an activating group) is 1. The van der Waals surface area contributed by atoms with Gasteiger partial charge in [0.15, 0.2) is 12.4 Å². The summed E-state index contributed by atoms with van der Waals surface area (Å²) in [4.78, 5) is 39.8. The van der Waals surface area contributed by atoms with Gasteiger partial charge in [0.25, 0.3) is 11.5 Å². The van der Waals surface area contributed by atoms with Gasteiger partial charge in [0.05, 0.1) is 5.56 Å². The summed E-state index contributed by atoms with van der Waals surface area (Å²) >= 11 is 0. The molecular weight excluding hydrogens is 465 g/mol. The van der Waals surface area contributed by atoms with Gasteiger partial charge in [-0.25, -0.2) is 4.39 Å². The maximum absolute atomic E-state index is 14.1. The van der Waals surface area contributed by atoms with E-state index in [-0.39, 0.29) is 41.5 Å². The minimum Gasteiger partial charge on any atom is -0.483 e. The van der Waals surface area contributed by atoms with Crippen molar-refractivity contribution < 1.29 is 23.5 Å². The molecule has 1 aromatic heterocycles. The maximum atomic E-state index is 14.1. The normalized spacial score (nSPS) is 10.5. The van der Waals surface area contributed by atoms with E-state index in [0.29, 0.717) is 19.6 Å². The van der Waals surface area contributed by atoms with Crippen LogP contribution in [-0.4, -0.2) is 48.5 Å². The SMILES string of the molecule is COCCCn1cc(C(=O)c2cc(F)ccc2OCC(=O)N(C)Cc2ccccc2)cc(C#N)c1=O. The number of methoxy groups -OCH3 is 1. The molecule has 1 heterocycles. The standard InChI is InChI=1S/C27H26FN3O5/c1-30(16-19-7-4-3-5-8-19)25(32)18-36-24-10-9-22(28)14-23(24)26(33)21-13-20(15-29)27(34)31(17-21)11-6-12-35-2/h3-5,7-10,13-14,17H,6,11-12,16,18H2,1-2H3. The summed E-state index contributed by atoms with van der Waals surface area (Å²) in [6, 6.07) is 15.8. The van der Waals surface area contributed by atoms with Gasteiger partial charge in [-0.2, -0.15) is 5.26 Å². The smallest absolute Gasteiger partial charge is 0.268 e. The van der Waals surface area contributed by atoms with E-state index in [9.17, 15) is 24.0 Å². The molecule has 0 saturated carbocycles. The van der Waals surface area contributed by atoms with Gasteiger partial charge in [0.1, 0.15) is 23.2 Å². The number of aromatic nitrogens is 1. The molecule has 2 aromatic carbocycles. The first-order valence-electron chi connectivity index (χ1n) is 11.2. The number of pyridine rings is 1. The molecule has 9 heteroatoms. The highest BCUT2D eigenvalue weighted by atomic mass is 19.1. The minimum atomic E-state index is -0.674. The number of ketones is 1. The lowest BCUT2D eigenvalue weighted by Crippen LogP contribution is -2.31. The first kappa shape index (κ1) is 26.3. The fourth-order valence-electron chi connectivity index (χ4n) is 3.54. The van der Waals surface area contributed by atoms with Crippen molar-refractivity contribution in [2.45, 2.75) is 19.5 Å². The van der Waals surface area contributed by atoms with Crippen molar-refractivity contribution in [1.29, 1.82) is 5.26 Å². The van der Waals surface area contributed by atoms with Crippen LogP contribution in [0.1, 0.15) is 33.5 Å². The molecule has 0 N–H and O–H groups in total. The van der Waals surface area contributed by atoms with Gasteiger partial charge in [-0.15, -0.1) is 0 Å². The molecule has 0 saturated heterocycles. The van der Waals surface area contributed by atoms with E-state index >= 15 is 0 Å². The van der Waals surface area contributed by atoms with Crippen LogP contribution >= 0.6 is 0 Å². The number of halogens is 1. The molecule has 0 aliphatic carbocycles. The summed E-state index contributed by atoms with van der Waals surface area (Å²) in [5, 5.41) is 9.37. The van der Waals surface area contributed by atoms with Gasteiger partial charge < -0.3 is 18.9 Å². The average Bonchev–Trinajstić information content (AvgIpc) is 2.89. The lowest BCUT2D eigenvalue weighted by molar-refractivity contribution is -0.132. The molecule has 1 amide bonds. The third-order valence-corrected chi connectivity index (χ3v) is 5.44. The quantitative estimate of drug-likeness (QED) is 0.302. The van der Waals surface area contributed by atoms with Crippen molar-refractivity contribution >= 4 is 11.7 Å². The van der Waals surface area contributed by atoms with Gasteiger partial charge in [-0.05, 0) is 36.2 Å². The lowest BCUT2D eigenvalue weighted by Gasteiger charge is -2.18. The van der Waals surface area contributed by atoms with Crippen molar-refractivity contribution in [2.75, 3.05) is 27.4 Å². The third kappa shape index (κ3) is 6.64. The van der Waals surface area contributed by atoms with Gasteiger partial charge in [0, 0.05) is 45.6 Å². The summed E-state index contributed by atoms with van der Waals surface area (Å²) in [5.41, 5.74) is 0.0914. The van der Waals surface area contributed by atoms with E-state index in [2.05, 4.69) is 0 Å². The Balaban J connectivity index is 1.82. The Labute approximate surface area is 208 Å². The molecular formula is C27H26FN3O5. The van der Waals surface area contributed by atoms with Crippen LogP contribution in [0.2, 0.25) is 0 Å². The molecule has 0 unspecified atom stereocenters. The van der Waals surface area contributed by atoms with Crippen LogP contribution in [0.3, 0.4) is 0 Å². The van der Waals surface area contributed by atoms with Crippen molar-refractivity contribution in [2.24, 2.45) is 0 Å². The fraction of sp³-hybridized carbons (Fsp3) is 0.259. The van der Waals surface area contributed by atoms with Crippen molar-refractivity contribution in [1.82, 2.24) is 9.47 Å². The van der Waals surface area contributed by atoms with Gasteiger partial charge in [-0.1, -0.05) is 30.3 Å². The second kappa shape index (κ2) is 12.4. The number of amides is 1. The van der Waals surface area contributed by atoms with Crippen LogP contribution in [0, 0.1) is 17.1 Å². The van der Waals surface area contributed by atoms with Crippen molar-refractivity contribution in [3.8, 4) is 11.8 Å². The minimum absolute atomic E-state index is 0.0125. The Morgan fingerprint density at radius 3 is 2.58 bits per heavy atom. The van der Waals surface area contributed by atoms with E-state index in [0.717, 1.165) is 17.7 Å². The summed E-state index contributed by atoms with van der Waals surface area (Å²) < 4.78 is 26.0. The Morgan fingerprint density at radius 2 is 1.89 bits per heavy atom. The fourth-order valence-corrected chi connectivity index (χ4v) is 3.54. The van der Waals surface area contributed by atoms with Crippen LogP contribution in [0.5, 0.6) is 5.75 Å². The van der Waals surface area contributed by atoms with E-state index in [1.54, 1.807) is 13.1 Å². The molecule has 0 fully saturated rings. The highest BCUT2D eigenvalue weighted by Crippen LogP contribution is 2.23. The van der Waals surface area contributed by atoms with Crippen LogP contribution in [0.4, 0.5) is 4.39 Å². The monoisotopic (exact) mass is 491 g/mol. The van der Waals surface area contributed by atoms with Crippen LogP contribution in [0.25, 0.3) is 0 Å². The molecule has 3 aromatic rings. The number of carbonyl (C=O) groups is 2. The van der Waals surface area contributed by atoms with E-state index in [1.165, 1.54) is 34.9 Å². The molecule has 0 aliphatic rings. The zero-order valence-corrected chi connectivity index (χ0v) is 20.1. The average molecular weight is 492 g/mol. The number of rotatable bonds is 11. The van der Waals surface area contributed by atoms with Crippen LogP contribution in [0.15, 0.2) is 65.6 Å². The zero-order valence-electron chi connectivity index (χ0n) is 20.1. The van der Waals surface area contributed by atoms with Gasteiger partial charge in [-0.3, -0.25) is 14.4 Å². The number of nitriles is 1. The molecule has 0 bridgehead atoms. The second-order valence-electron chi connectivity index (χ2n) is 8.09. The Kier molecular flexibility index (Phi) is 9.08. The number of nitrogens with zero attached hydrogens (tertiary/aromatic N) is 3. The molecule has 3 rings (SSSR count). The number of hydrogen-bond acceptors (Lipinski definition) is 6. The highest BCUT2D eigenvalue weighted by Gasteiger charge is 2.20. The van der Waals surface area contributed by atoms with Crippen molar-refractivity contribution in [3.05, 3.63) is 99.2 Å². The van der Waals surface area contributed by atoms with Gasteiger partial charge >= 0.3 is 0 Å². The molecule has 0 aliphatic heterocycles. The molecule has 8 nitrogen and oxygen atoms in total. The summed E-state index contributed by atoms with van der Waals surface area (Å²) in [7, 11) is 3.16. The van der Waals surface area contributed by atoms with Crippen molar-refractivity contribution in [3.63, 3.8) is 0 Å². The molecule has 0 radical (unpaired) electrons. The third-order valence-electron chi connectivity index (χ3n) is 5.44. The first-order valence-corrected chi connectivity index (χ1v) is 11.2. The molecule has 0 spiro atoms. The van der Waals surface area contributed by atoms with Crippen LogP contribution in [-0.2, 0) is 22.6 Å². The second-order valence-corrected chi connectivity index (χ2v) is 8.09. The summed E-state index contributed by atoms with van der Waals surface area (Å²) in [6.45, 7) is 0.632. The van der Waals surface area contributed by atoms with Crippen LogP contribution < -0.4 is 10.3 Å². The highest BCUT2D eigenvalue weighted by molar-refractivity contribution is 6.10. The first-order chi connectivity index (χ1) is 17.3. The van der Waals surface area contributed by atoms with E-state index < -0.39 is 17.2 Å². The topological polar surface area (TPSA) is 102 Å². The summed E-state index contributed by atoms with van der Waals surface area (Å²) in [6.07, 6.45) is 1.82. The Morgan fingerprint density at radius 1 is 1.14 bits per heavy atom.